The van der Waals surface area contributed by atoms with Crippen molar-refractivity contribution in [3.8, 4) is 11.5 Å². The molecule has 5 rings (SSSR count). The molecule has 1 amide bonds. The van der Waals surface area contributed by atoms with Crippen LogP contribution in [0.5, 0.6) is 11.5 Å². The van der Waals surface area contributed by atoms with E-state index in [2.05, 4.69) is 6.58 Å². The number of benzene rings is 2. The Kier molecular flexibility index (Phi) is 10.2. The summed E-state index contributed by atoms with van der Waals surface area (Å²) >= 11 is 1.52. The fourth-order valence-electron chi connectivity index (χ4n) is 5.99. The average molecular weight is 577 g/mol. The van der Waals surface area contributed by atoms with Crippen LogP contribution in [0.15, 0.2) is 59.0 Å². The highest BCUT2D eigenvalue weighted by Gasteiger charge is 2.39. The molecule has 0 unspecified atom stereocenters. The largest absolute Gasteiger partial charge is 0.490 e. The van der Waals surface area contributed by atoms with Crippen molar-refractivity contribution in [1.82, 2.24) is 4.90 Å². The second-order valence-electron chi connectivity index (χ2n) is 11.1. The Morgan fingerprint density at radius 3 is 2.41 bits per heavy atom. The Hall–Kier alpha value is -3.06. The molecule has 2 aromatic carbocycles. The van der Waals surface area contributed by atoms with E-state index in [4.69, 9.17) is 14.5 Å². The topological polar surface area (TPSA) is 51.1 Å². The smallest absolute Gasteiger partial charge is 0.266 e. The van der Waals surface area contributed by atoms with Gasteiger partial charge in [-0.3, -0.25) is 14.7 Å². The van der Waals surface area contributed by atoms with Crippen LogP contribution in [0.4, 0.5) is 4.39 Å². The Labute approximate surface area is 247 Å². The second kappa shape index (κ2) is 14.2. The monoisotopic (exact) mass is 576 g/mol. The first-order valence-electron chi connectivity index (χ1n) is 15.1. The molecule has 0 radical (unpaired) electrons. The molecular formula is C34H41FN2O3S. The van der Waals surface area contributed by atoms with E-state index in [1.54, 1.807) is 12.1 Å². The number of ether oxygens (including phenoxy) is 2. The minimum Gasteiger partial charge on any atom is -0.490 e. The molecule has 0 bridgehead atoms. The molecular weight excluding hydrogens is 535 g/mol. The van der Waals surface area contributed by atoms with Crippen molar-refractivity contribution in [3.63, 3.8) is 0 Å². The number of rotatable bonds is 10. The van der Waals surface area contributed by atoms with Crippen molar-refractivity contribution >= 4 is 28.9 Å². The molecule has 0 N–H and O–H groups in total. The van der Waals surface area contributed by atoms with Gasteiger partial charge in [-0.15, -0.1) is 6.58 Å². The normalized spacial score (nSPS) is 20.6. The molecule has 2 aromatic rings. The van der Waals surface area contributed by atoms with Gasteiger partial charge in [-0.25, -0.2) is 4.39 Å². The Morgan fingerprint density at radius 2 is 1.73 bits per heavy atom. The third-order valence-corrected chi connectivity index (χ3v) is 9.05. The Bertz CT molecular complexity index is 1280. The number of aliphatic imine (C=N–C) groups is 1. The van der Waals surface area contributed by atoms with Crippen molar-refractivity contribution < 1.29 is 18.7 Å². The number of thioether (sulfide) groups is 1. The number of carbonyl (C=O) groups is 1. The molecule has 1 heterocycles. The first-order chi connectivity index (χ1) is 20.1. The highest BCUT2D eigenvalue weighted by Crippen LogP contribution is 2.40. The van der Waals surface area contributed by atoms with E-state index in [1.165, 1.54) is 49.6 Å². The zero-order valence-corrected chi connectivity index (χ0v) is 24.9. The van der Waals surface area contributed by atoms with Gasteiger partial charge in [0.05, 0.1) is 17.6 Å². The van der Waals surface area contributed by atoms with E-state index in [0.717, 1.165) is 60.4 Å². The second-order valence-corrected chi connectivity index (χ2v) is 12.1. The van der Waals surface area contributed by atoms with Gasteiger partial charge in [-0.05, 0) is 92.3 Å². The van der Waals surface area contributed by atoms with E-state index < -0.39 is 0 Å². The maximum atomic E-state index is 13.9. The molecule has 2 saturated carbocycles. The van der Waals surface area contributed by atoms with Crippen LogP contribution in [-0.4, -0.2) is 34.7 Å². The summed E-state index contributed by atoms with van der Waals surface area (Å²) in [6, 6.07) is 10.8. The van der Waals surface area contributed by atoms with Crippen LogP contribution < -0.4 is 9.47 Å². The number of nitrogens with zero attached hydrogens (tertiary/aromatic N) is 2. The number of hydrogen-bond acceptors (Lipinski definition) is 5. The number of amides is 1. The van der Waals surface area contributed by atoms with E-state index in [1.807, 2.05) is 36.1 Å². The highest BCUT2D eigenvalue weighted by molar-refractivity contribution is 8.18. The summed E-state index contributed by atoms with van der Waals surface area (Å²) < 4.78 is 25.6. The van der Waals surface area contributed by atoms with Gasteiger partial charge in [0, 0.05) is 11.6 Å². The molecule has 1 aliphatic heterocycles. The Balaban J connectivity index is 1.45. The summed E-state index contributed by atoms with van der Waals surface area (Å²) in [7, 11) is 0. The van der Waals surface area contributed by atoms with Crippen LogP contribution >= 0.6 is 11.8 Å². The zero-order valence-electron chi connectivity index (χ0n) is 24.1. The maximum Gasteiger partial charge on any atom is 0.266 e. The van der Waals surface area contributed by atoms with Gasteiger partial charge in [-0.1, -0.05) is 56.7 Å². The standard InChI is InChI=1S/C34H41FN2O3S/c1-3-11-26-20-25(21-30(39-4-2)32(26)40-23-24-16-18-27(35)19-17-24)22-31-33(38)37(29-14-9-6-10-15-29)34(41-31)36-28-12-7-5-8-13-28/h3,16-22,28-29H,1,4-15,23H2,2H3. The summed E-state index contributed by atoms with van der Waals surface area (Å²) in [5, 5.41) is 0.885. The molecule has 0 spiro atoms. The van der Waals surface area contributed by atoms with Gasteiger partial charge < -0.3 is 9.47 Å². The average Bonchev–Trinajstić information content (AvgIpc) is 3.28. The molecule has 41 heavy (non-hydrogen) atoms. The summed E-state index contributed by atoms with van der Waals surface area (Å²) in [6.07, 6.45) is 16.0. The van der Waals surface area contributed by atoms with Crippen molar-refractivity contribution in [2.45, 2.75) is 96.2 Å². The first-order valence-corrected chi connectivity index (χ1v) is 16.0. The SMILES string of the molecule is C=CCc1cc(C=C2SC(=NC3CCCCC3)N(C3CCCCC3)C2=O)cc(OCC)c1OCc1ccc(F)cc1. The van der Waals surface area contributed by atoms with Gasteiger partial charge in [0.25, 0.3) is 5.91 Å². The lowest BCUT2D eigenvalue weighted by Crippen LogP contribution is -2.41. The van der Waals surface area contributed by atoms with Crippen LogP contribution in [0.3, 0.4) is 0 Å². The van der Waals surface area contributed by atoms with Crippen molar-refractivity contribution in [1.29, 1.82) is 0 Å². The summed E-state index contributed by atoms with van der Waals surface area (Å²) in [4.78, 5) is 21.8. The quantitative estimate of drug-likeness (QED) is 0.210. The van der Waals surface area contributed by atoms with Crippen molar-refractivity contribution in [3.05, 3.63) is 76.5 Å². The first kappa shape index (κ1) is 29.4. The van der Waals surface area contributed by atoms with Crippen LogP contribution in [-0.2, 0) is 17.8 Å². The minimum absolute atomic E-state index is 0.0660. The molecule has 3 aliphatic rings. The lowest BCUT2D eigenvalue weighted by Gasteiger charge is -2.31. The highest BCUT2D eigenvalue weighted by atomic mass is 32.2. The van der Waals surface area contributed by atoms with Crippen LogP contribution in [0.1, 0.15) is 87.8 Å². The predicted octanol–water partition coefficient (Wildman–Crippen LogP) is 8.47. The molecule has 1 saturated heterocycles. The van der Waals surface area contributed by atoms with E-state index in [-0.39, 0.29) is 24.4 Å². The zero-order chi connectivity index (χ0) is 28.6. The lowest BCUT2D eigenvalue weighted by molar-refractivity contribution is -0.124. The van der Waals surface area contributed by atoms with E-state index in [9.17, 15) is 9.18 Å². The van der Waals surface area contributed by atoms with Crippen LogP contribution in [0, 0.1) is 5.82 Å². The van der Waals surface area contributed by atoms with Gasteiger partial charge >= 0.3 is 0 Å². The number of allylic oxidation sites excluding steroid dienone is 1. The molecule has 0 aromatic heterocycles. The minimum atomic E-state index is -0.276. The molecule has 2 aliphatic carbocycles. The fraction of sp³-hybridized carbons (Fsp3) is 0.471. The fourth-order valence-corrected chi connectivity index (χ4v) is 7.10. The third kappa shape index (κ3) is 7.42. The van der Waals surface area contributed by atoms with Crippen LogP contribution in [0.25, 0.3) is 6.08 Å². The number of carbonyl (C=O) groups excluding carboxylic acids is 1. The van der Waals surface area contributed by atoms with Crippen LogP contribution in [0.2, 0.25) is 0 Å². The van der Waals surface area contributed by atoms with E-state index >= 15 is 0 Å². The molecule has 0 atom stereocenters. The molecule has 3 fully saturated rings. The number of halogens is 1. The summed E-state index contributed by atoms with van der Waals surface area (Å²) in [5.74, 6) is 1.06. The van der Waals surface area contributed by atoms with E-state index in [0.29, 0.717) is 35.5 Å². The predicted molar refractivity (Wildman–Crippen MR) is 166 cm³/mol. The van der Waals surface area contributed by atoms with Gasteiger partial charge in [-0.2, -0.15) is 0 Å². The van der Waals surface area contributed by atoms with Crippen molar-refractivity contribution in [2.75, 3.05) is 6.61 Å². The van der Waals surface area contributed by atoms with Crippen molar-refractivity contribution in [2.24, 2.45) is 4.99 Å². The summed E-state index contributed by atoms with van der Waals surface area (Å²) in [5.41, 5.74) is 2.68. The lowest BCUT2D eigenvalue weighted by atomic mass is 9.94. The molecule has 5 nitrogen and oxygen atoms in total. The maximum absolute atomic E-state index is 13.9. The summed E-state index contributed by atoms with van der Waals surface area (Å²) in [6.45, 7) is 6.64. The van der Waals surface area contributed by atoms with Gasteiger partial charge in [0.1, 0.15) is 12.4 Å². The van der Waals surface area contributed by atoms with Gasteiger partial charge in [0.2, 0.25) is 0 Å². The van der Waals surface area contributed by atoms with Gasteiger partial charge in [0.15, 0.2) is 16.7 Å². The molecule has 7 heteroatoms. The number of hydrogen-bond donors (Lipinski definition) is 0. The Morgan fingerprint density at radius 1 is 1.02 bits per heavy atom. The third-order valence-electron chi connectivity index (χ3n) is 8.06. The molecule has 218 valence electrons. The number of amidine groups is 1.